The minimum atomic E-state index is 0.628. The Morgan fingerprint density at radius 1 is 1.38 bits per heavy atom. The zero-order valence-corrected chi connectivity index (χ0v) is 9.30. The predicted octanol–water partition coefficient (Wildman–Crippen LogP) is 1.42. The lowest BCUT2D eigenvalue weighted by atomic mass is 10.2. The summed E-state index contributed by atoms with van der Waals surface area (Å²) >= 11 is 5.56. The van der Waals surface area contributed by atoms with Gasteiger partial charge in [0.25, 0.3) is 0 Å². The van der Waals surface area contributed by atoms with Crippen LogP contribution in [0.15, 0.2) is 12.2 Å². The van der Waals surface area contributed by atoms with Gasteiger partial charge in [0.2, 0.25) is 0 Å². The van der Waals surface area contributed by atoms with Gasteiger partial charge in [-0.25, -0.2) is 0 Å². The molecule has 0 aliphatic carbocycles. The second-order valence-corrected chi connectivity index (χ2v) is 4.02. The minimum absolute atomic E-state index is 0.628. The minimum Gasteiger partial charge on any atom is -0.301 e. The van der Waals surface area contributed by atoms with E-state index < -0.39 is 0 Å². The van der Waals surface area contributed by atoms with E-state index in [2.05, 4.69) is 29.8 Å². The molecule has 1 atom stereocenters. The molecule has 1 heterocycles. The van der Waals surface area contributed by atoms with Gasteiger partial charge in [-0.2, -0.15) is 0 Å². The fourth-order valence-electron chi connectivity index (χ4n) is 1.58. The van der Waals surface area contributed by atoms with Crippen molar-refractivity contribution in [1.82, 2.24) is 9.80 Å². The molecule has 1 rings (SSSR count). The van der Waals surface area contributed by atoms with Crippen molar-refractivity contribution in [2.24, 2.45) is 0 Å². The summed E-state index contributed by atoms with van der Waals surface area (Å²) < 4.78 is 0. The van der Waals surface area contributed by atoms with Crippen molar-refractivity contribution < 1.29 is 0 Å². The number of piperazine rings is 1. The quantitative estimate of drug-likeness (QED) is 0.505. The summed E-state index contributed by atoms with van der Waals surface area (Å²) in [5.74, 6) is 0.628. The Labute approximate surface area is 86.2 Å². The first-order valence-electron chi connectivity index (χ1n) is 4.87. The smallest absolute Gasteiger partial charge is 0.0404 e. The molecule has 0 bridgehead atoms. The van der Waals surface area contributed by atoms with E-state index in [-0.39, 0.29) is 0 Å². The largest absolute Gasteiger partial charge is 0.301 e. The van der Waals surface area contributed by atoms with E-state index in [1.165, 1.54) is 19.6 Å². The molecule has 0 saturated carbocycles. The van der Waals surface area contributed by atoms with Crippen LogP contribution in [0.4, 0.5) is 0 Å². The van der Waals surface area contributed by atoms with E-state index in [0.29, 0.717) is 11.9 Å². The van der Waals surface area contributed by atoms with Crippen LogP contribution in [0, 0.1) is 0 Å². The number of allylic oxidation sites excluding steroid dienone is 1. The van der Waals surface area contributed by atoms with Crippen molar-refractivity contribution in [1.29, 1.82) is 0 Å². The molecule has 1 unspecified atom stereocenters. The number of rotatable bonds is 3. The van der Waals surface area contributed by atoms with Gasteiger partial charge in [0.15, 0.2) is 0 Å². The van der Waals surface area contributed by atoms with E-state index >= 15 is 0 Å². The molecular formula is C10H19ClN2. The molecule has 1 saturated heterocycles. The summed E-state index contributed by atoms with van der Waals surface area (Å²) in [4.78, 5) is 4.87. The molecule has 0 N–H and O–H groups in total. The van der Waals surface area contributed by atoms with E-state index in [4.69, 9.17) is 11.6 Å². The van der Waals surface area contributed by atoms with Crippen molar-refractivity contribution in [3.05, 3.63) is 12.2 Å². The highest BCUT2D eigenvalue weighted by molar-refractivity contribution is 6.18. The van der Waals surface area contributed by atoms with Crippen molar-refractivity contribution in [2.75, 3.05) is 39.1 Å². The molecule has 0 aromatic rings. The third-order valence-electron chi connectivity index (χ3n) is 2.66. The number of likely N-dealkylation sites (N-methyl/N-ethyl adjacent to an activating group) is 1. The molecule has 3 heteroatoms. The van der Waals surface area contributed by atoms with Crippen molar-refractivity contribution in [2.45, 2.75) is 13.0 Å². The standard InChI is InChI=1S/C10H19ClN2/c1-10-9-13(6-4-3-5-11)8-7-12(10)2/h3-4,10H,5-9H2,1-2H3. The van der Waals surface area contributed by atoms with Gasteiger partial charge in [-0.1, -0.05) is 12.2 Å². The van der Waals surface area contributed by atoms with Crippen LogP contribution in [-0.4, -0.2) is 54.9 Å². The molecule has 0 aromatic heterocycles. The molecule has 76 valence electrons. The van der Waals surface area contributed by atoms with Crippen LogP contribution in [0.3, 0.4) is 0 Å². The van der Waals surface area contributed by atoms with Gasteiger partial charge in [0.1, 0.15) is 0 Å². The normalized spacial score (nSPS) is 27.2. The summed E-state index contributed by atoms with van der Waals surface area (Å²) in [7, 11) is 2.19. The molecular weight excluding hydrogens is 184 g/mol. The van der Waals surface area contributed by atoms with Crippen LogP contribution >= 0.6 is 11.6 Å². The Bertz CT molecular complexity index is 170. The SMILES string of the molecule is CC1CN(CC=CCCl)CCN1C. The van der Waals surface area contributed by atoms with Gasteiger partial charge in [0.05, 0.1) is 0 Å². The fraction of sp³-hybridized carbons (Fsp3) is 0.800. The third kappa shape index (κ3) is 3.67. The first-order valence-corrected chi connectivity index (χ1v) is 5.41. The van der Waals surface area contributed by atoms with Crippen LogP contribution in [0.25, 0.3) is 0 Å². The lowest BCUT2D eigenvalue weighted by molar-refractivity contribution is 0.114. The van der Waals surface area contributed by atoms with E-state index in [0.717, 1.165) is 6.54 Å². The summed E-state index contributed by atoms with van der Waals surface area (Å²) in [6, 6.07) is 0.679. The summed E-state index contributed by atoms with van der Waals surface area (Å²) in [6.45, 7) is 6.84. The number of halogens is 1. The molecule has 1 fully saturated rings. The maximum atomic E-state index is 5.56. The molecule has 0 amide bonds. The highest BCUT2D eigenvalue weighted by atomic mass is 35.5. The van der Waals surface area contributed by atoms with Crippen LogP contribution in [-0.2, 0) is 0 Å². The van der Waals surface area contributed by atoms with Gasteiger partial charge in [0, 0.05) is 38.1 Å². The highest BCUT2D eigenvalue weighted by Gasteiger charge is 2.18. The number of hydrogen-bond acceptors (Lipinski definition) is 2. The fourth-order valence-corrected chi connectivity index (χ4v) is 1.70. The Kier molecular flexibility index (Phi) is 4.78. The molecule has 0 aromatic carbocycles. The lowest BCUT2D eigenvalue weighted by Crippen LogP contribution is -2.49. The highest BCUT2D eigenvalue weighted by Crippen LogP contribution is 2.06. The Morgan fingerprint density at radius 3 is 2.77 bits per heavy atom. The lowest BCUT2D eigenvalue weighted by Gasteiger charge is -2.37. The van der Waals surface area contributed by atoms with Gasteiger partial charge in [-0.3, -0.25) is 4.90 Å². The first kappa shape index (κ1) is 11.0. The Balaban J connectivity index is 2.25. The van der Waals surface area contributed by atoms with Crippen LogP contribution in [0.1, 0.15) is 6.92 Å². The number of nitrogens with zero attached hydrogens (tertiary/aromatic N) is 2. The zero-order valence-electron chi connectivity index (χ0n) is 8.54. The van der Waals surface area contributed by atoms with Crippen molar-refractivity contribution in [3.8, 4) is 0 Å². The van der Waals surface area contributed by atoms with Crippen molar-refractivity contribution >= 4 is 11.6 Å². The van der Waals surface area contributed by atoms with Crippen molar-refractivity contribution in [3.63, 3.8) is 0 Å². The van der Waals surface area contributed by atoms with E-state index in [9.17, 15) is 0 Å². The second-order valence-electron chi connectivity index (χ2n) is 3.71. The van der Waals surface area contributed by atoms with Gasteiger partial charge in [-0.05, 0) is 14.0 Å². The molecule has 1 aliphatic rings. The van der Waals surface area contributed by atoms with Gasteiger partial charge in [-0.15, -0.1) is 11.6 Å². The molecule has 2 nitrogen and oxygen atoms in total. The topological polar surface area (TPSA) is 6.48 Å². The third-order valence-corrected chi connectivity index (χ3v) is 2.84. The Morgan fingerprint density at radius 2 is 2.15 bits per heavy atom. The molecule has 0 radical (unpaired) electrons. The summed E-state index contributed by atoms with van der Waals surface area (Å²) in [5, 5.41) is 0. The average Bonchev–Trinajstić information content (AvgIpc) is 2.12. The van der Waals surface area contributed by atoms with Gasteiger partial charge >= 0.3 is 0 Å². The summed E-state index contributed by atoms with van der Waals surface area (Å²) in [6.07, 6.45) is 4.18. The number of alkyl halides is 1. The second kappa shape index (κ2) is 5.63. The number of hydrogen-bond donors (Lipinski definition) is 0. The maximum Gasteiger partial charge on any atom is 0.0404 e. The predicted molar refractivity (Wildman–Crippen MR) is 58.4 cm³/mol. The van der Waals surface area contributed by atoms with Crippen LogP contribution < -0.4 is 0 Å². The maximum absolute atomic E-state index is 5.56. The zero-order chi connectivity index (χ0) is 9.68. The van der Waals surface area contributed by atoms with Crippen LogP contribution in [0.2, 0.25) is 0 Å². The molecule has 0 spiro atoms. The molecule has 1 aliphatic heterocycles. The van der Waals surface area contributed by atoms with E-state index in [1.54, 1.807) is 0 Å². The monoisotopic (exact) mass is 202 g/mol. The van der Waals surface area contributed by atoms with Crippen LogP contribution in [0.5, 0.6) is 0 Å². The van der Waals surface area contributed by atoms with Gasteiger partial charge < -0.3 is 4.90 Å². The molecule has 13 heavy (non-hydrogen) atoms. The summed E-state index contributed by atoms with van der Waals surface area (Å²) in [5.41, 5.74) is 0. The Hall–Kier alpha value is -0.0500. The first-order chi connectivity index (χ1) is 6.24. The average molecular weight is 203 g/mol. The van der Waals surface area contributed by atoms with E-state index in [1.807, 2.05) is 6.08 Å².